The lowest BCUT2D eigenvalue weighted by Crippen LogP contribution is -2.36. The first-order valence-electron chi connectivity index (χ1n) is 4.37. The molecule has 1 aromatic rings. The van der Waals surface area contributed by atoms with Gasteiger partial charge in [0.1, 0.15) is 0 Å². The average molecular weight is 197 g/mol. The van der Waals surface area contributed by atoms with Gasteiger partial charge in [0, 0.05) is 18.5 Å². The Bertz CT molecular complexity index is 336. The summed E-state index contributed by atoms with van der Waals surface area (Å²) in [6, 6.07) is 1.79. The molecular weight excluding hydrogens is 186 g/mol. The fraction of sp³-hybridized carbons (Fsp3) is 0.500. The third-order valence-corrected chi connectivity index (χ3v) is 2.12. The van der Waals surface area contributed by atoms with Gasteiger partial charge >= 0.3 is 6.09 Å². The standard InChI is InChI=1S/C8H11N3O3/c12-8(13)9-3-6-4-11-7(14-5-6)1-2-10-11/h1-2,6,9H,3-5H2,(H,12,13). The summed E-state index contributed by atoms with van der Waals surface area (Å²) in [4.78, 5) is 10.3. The largest absolute Gasteiger partial charge is 0.477 e. The van der Waals surface area contributed by atoms with Gasteiger partial charge in [-0.2, -0.15) is 5.10 Å². The molecule has 0 spiro atoms. The Balaban J connectivity index is 1.91. The number of amides is 1. The van der Waals surface area contributed by atoms with Gasteiger partial charge < -0.3 is 15.2 Å². The van der Waals surface area contributed by atoms with Crippen molar-refractivity contribution in [1.82, 2.24) is 15.1 Å². The molecule has 6 heteroatoms. The van der Waals surface area contributed by atoms with Crippen LogP contribution in [0.2, 0.25) is 0 Å². The molecule has 2 rings (SSSR count). The van der Waals surface area contributed by atoms with Crippen molar-refractivity contribution < 1.29 is 14.6 Å². The summed E-state index contributed by atoms with van der Waals surface area (Å²) in [6.07, 6.45) is 0.666. The minimum atomic E-state index is -1.00. The summed E-state index contributed by atoms with van der Waals surface area (Å²) in [5, 5.41) is 14.8. The number of carboxylic acid groups (broad SMARTS) is 1. The second-order valence-electron chi connectivity index (χ2n) is 3.21. The SMILES string of the molecule is O=C(O)NCC1COc2ccnn2C1. The van der Waals surface area contributed by atoms with Crippen molar-refractivity contribution in [1.29, 1.82) is 0 Å². The molecule has 0 radical (unpaired) electrons. The van der Waals surface area contributed by atoms with E-state index < -0.39 is 6.09 Å². The molecule has 2 N–H and O–H groups in total. The summed E-state index contributed by atoms with van der Waals surface area (Å²) in [7, 11) is 0. The van der Waals surface area contributed by atoms with Crippen LogP contribution in [0.25, 0.3) is 0 Å². The highest BCUT2D eigenvalue weighted by Gasteiger charge is 2.19. The second-order valence-corrected chi connectivity index (χ2v) is 3.21. The van der Waals surface area contributed by atoms with Crippen LogP contribution in [0.15, 0.2) is 12.3 Å². The summed E-state index contributed by atoms with van der Waals surface area (Å²) < 4.78 is 7.11. The van der Waals surface area contributed by atoms with Crippen LogP contribution in [0.1, 0.15) is 0 Å². The van der Waals surface area contributed by atoms with Crippen molar-refractivity contribution >= 4 is 6.09 Å². The lowest BCUT2D eigenvalue weighted by atomic mass is 10.1. The van der Waals surface area contributed by atoms with Gasteiger partial charge in [-0.05, 0) is 0 Å². The lowest BCUT2D eigenvalue weighted by Gasteiger charge is -2.23. The molecule has 0 saturated heterocycles. The Kier molecular flexibility index (Phi) is 2.26. The highest BCUT2D eigenvalue weighted by Crippen LogP contribution is 2.18. The summed E-state index contributed by atoms with van der Waals surface area (Å²) in [6.45, 7) is 1.63. The van der Waals surface area contributed by atoms with E-state index in [0.717, 1.165) is 5.88 Å². The number of hydrogen-bond acceptors (Lipinski definition) is 3. The van der Waals surface area contributed by atoms with Crippen molar-refractivity contribution in [2.45, 2.75) is 6.54 Å². The van der Waals surface area contributed by atoms with Gasteiger partial charge in [0.05, 0.1) is 19.3 Å². The highest BCUT2D eigenvalue weighted by molar-refractivity contribution is 5.64. The number of rotatable bonds is 2. The van der Waals surface area contributed by atoms with Crippen LogP contribution >= 0.6 is 0 Å². The molecule has 6 nitrogen and oxygen atoms in total. The van der Waals surface area contributed by atoms with Gasteiger partial charge in [0.15, 0.2) is 0 Å². The van der Waals surface area contributed by atoms with E-state index in [-0.39, 0.29) is 5.92 Å². The van der Waals surface area contributed by atoms with Crippen molar-refractivity contribution in [3.05, 3.63) is 12.3 Å². The Labute approximate surface area is 80.5 Å². The van der Waals surface area contributed by atoms with E-state index in [0.29, 0.717) is 19.7 Å². The molecular formula is C8H11N3O3. The zero-order chi connectivity index (χ0) is 9.97. The predicted molar refractivity (Wildman–Crippen MR) is 47.2 cm³/mol. The van der Waals surface area contributed by atoms with Gasteiger partial charge in [0.25, 0.3) is 0 Å². The van der Waals surface area contributed by atoms with Gasteiger partial charge in [0.2, 0.25) is 5.88 Å². The first-order valence-corrected chi connectivity index (χ1v) is 4.37. The van der Waals surface area contributed by atoms with Crippen LogP contribution in [-0.2, 0) is 6.54 Å². The Morgan fingerprint density at radius 3 is 3.50 bits per heavy atom. The predicted octanol–water partition coefficient (Wildman–Crippen LogP) is 0.159. The highest BCUT2D eigenvalue weighted by atomic mass is 16.5. The number of fused-ring (bicyclic) bond motifs is 1. The van der Waals surface area contributed by atoms with Crippen molar-refractivity contribution in [3.8, 4) is 5.88 Å². The van der Waals surface area contributed by atoms with Crippen molar-refractivity contribution in [2.24, 2.45) is 5.92 Å². The molecule has 1 unspecified atom stereocenters. The Hall–Kier alpha value is -1.72. The van der Waals surface area contributed by atoms with E-state index >= 15 is 0 Å². The van der Waals surface area contributed by atoms with Gasteiger partial charge in [-0.1, -0.05) is 0 Å². The molecule has 1 atom stereocenters. The zero-order valence-corrected chi connectivity index (χ0v) is 7.51. The third kappa shape index (κ3) is 1.78. The van der Waals surface area contributed by atoms with Crippen molar-refractivity contribution in [3.63, 3.8) is 0 Å². The second kappa shape index (κ2) is 3.57. The van der Waals surface area contributed by atoms with Crippen LogP contribution < -0.4 is 10.1 Å². The molecule has 2 heterocycles. The summed E-state index contributed by atoms with van der Waals surface area (Å²) >= 11 is 0. The zero-order valence-electron chi connectivity index (χ0n) is 7.51. The van der Waals surface area contributed by atoms with E-state index in [1.807, 2.05) is 0 Å². The molecule has 0 fully saturated rings. The first kappa shape index (κ1) is 8.86. The fourth-order valence-electron chi connectivity index (χ4n) is 1.44. The van der Waals surface area contributed by atoms with Gasteiger partial charge in [-0.25, -0.2) is 9.48 Å². The fourth-order valence-corrected chi connectivity index (χ4v) is 1.44. The number of aromatic nitrogens is 2. The molecule has 14 heavy (non-hydrogen) atoms. The van der Waals surface area contributed by atoms with Crippen LogP contribution in [0.5, 0.6) is 5.88 Å². The van der Waals surface area contributed by atoms with Crippen molar-refractivity contribution in [2.75, 3.05) is 13.2 Å². The van der Waals surface area contributed by atoms with Crippen LogP contribution in [0.4, 0.5) is 4.79 Å². The number of nitrogens with zero attached hydrogens (tertiary/aromatic N) is 2. The average Bonchev–Trinajstić information content (AvgIpc) is 2.61. The quantitative estimate of drug-likeness (QED) is 0.708. The summed E-state index contributed by atoms with van der Waals surface area (Å²) in [5.41, 5.74) is 0. The third-order valence-electron chi connectivity index (χ3n) is 2.12. The Morgan fingerprint density at radius 2 is 2.71 bits per heavy atom. The van der Waals surface area contributed by atoms with E-state index in [2.05, 4.69) is 10.4 Å². The maximum absolute atomic E-state index is 10.3. The van der Waals surface area contributed by atoms with E-state index in [1.54, 1.807) is 16.9 Å². The maximum Gasteiger partial charge on any atom is 0.404 e. The lowest BCUT2D eigenvalue weighted by molar-refractivity contribution is 0.154. The van der Waals surface area contributed by atoms with Crippen LogP contribution in [0, 0.1) is 5.92 Å². The molecule has 1 aliphatic heterocycles. The number of ether oxygens (including phenoxy) is 1. The molecule has 1 aliphatic rings. The molecule has 0 aromatic carbocycles. The minimum Gasteiger partial charge on any atom is -0.477 e. The number of carbonyl (C=O) groups is 1. The monoisotopic (exact) mass is 197 g/mol. The Morgan fingerprint density at radius 1 is 1.86 bits per heavy atom. The smallest absolute Gasteiger partial charge is 0.404 e. The van der Waals surface area contributed by atoms with Crippen LogP contribution in [-0.4, -0.2) is 34.1 Å². The normalized spacial score (nSPS) is 19.6. The summed E-state index contributed by atoms with van der Waals surface area (Å²) in [5.74, 6) is 0.898. The van der Waals surface area contributed by atoms with Gasteiger partial charge in [-0.15, -0.1) is 0 Å². The molecule has 0 aliphatic carbocycles. The number of hydrogen-bond donors (Lipinski definition) is 2. The molecule has 0 bridgehead atoms. The first-order chi connectivity index (χ1) is 6.75. The molecule has 0 saturated carbocycles. The maximum atomic E-state index is 10.3. The van der Waals surface area contributed by atoms with E-state index in [9.17, 15) is 4.79 Å². The number of nitrogens with one attached hydrogen (secondary N) is 1. The molecule has 1 amide bonds. The molecule has 76 valence electrons. The van der Waals surface area contributed by atoms with E-state index in [4.69, 9.17) is 9.84 Å². The van der Waals surface area contributed by atoms with Crippen LogP contribution in [0.3, 0.4) is 0 Å². The minimum absolute atomic E-state index is 0.151. The van der Waals surface area contributed by atoms with E-state index in [1.165, 1.54) is 0 Å². The topological polar surface area (TPSA) is 76.4 Å². The van der Waals surface area contributed by atoms with Gasteiger partial charge in [-0.3, -0.25) is 0 Å². The molecule has 1 aromatic heterocycles.